The van der Waals surface area contributed by atoms with Crippen LogP contribution in [0.3, 0.4) is 0 Å². The quantitative estimate of drug-likeness (QED) is 0.774. The minimum atomic E-state index is -0.531. The number of amides is 2. The first-order valence-corrected chi connectivity index (χ1v) is 8.27. The van der Waals surface area contributed by atoms with Gasteiger partial charge in [0.15, 0.2) is 0 Å². The fourth-order valence-corrected chi connectivity index (χ4v) is 2.38. The van der Waals surface area contributed by atoms with Gasteiger partial charge in [0.05, 0.1) is 18.2 Å². The van der Waals surface area contributed by atoms with Crippen LogP contribution in [0.5, 0.6) is 0 Å². The molecule has 1 unspecified atom stereocenters. The zero-order valence-corrected chi connectivity index (χ0v) is 15.1. The summed E-state index contributed by atoms with van der Waals surface area (Å²) < 4.78 is 6.47. The molecule has 138 valence electrons. The van der Waals surface area contributed by atoms with Crippen LogP contribution in [0.1, 0.15) is 33.2 Å². The molecule has 0 spiro atoms. The highest BCUT2D eigenvalue weighted by atomic mass is 16.5. The highest BCUT2D eigenvalue weighted by molar-refractivity contribution is 5.99. The van der Waals surface area contributed by atoms with Crippen LogP contribution in [-0.2, 0) is 11.3 Å². The number of rotatable bonds is 7. The van der Waals surface area contributed by atoms with E-state index in [1.54, 1.807) is 7.11 Å². The molecule has 0 fully saturated rings. The molecule has 0 aliphatic rings. The lowest BCUT2D eigenvalue weighted by Crippen LogP contribution is -2.35. The molecule has 2 aromatic rings. The molecule has 0 radical (unpaired) electrons. The summed E-state index contributed by atoms with van der Waals surface area (Å²) in [5.74, 6) is -0.905. The number of ether oxygens (including phenoxy) is 1. The van der Waals surface area contributed by atoms with Crippen LogP contribution in [-0.4, -0.2) is 43.2 Å². The molecule has 0 bridgehead atoms. The monoisotopic (exact) mass is 357 g/mol. The van der Waals surface area contributed by atoms with Crippen molar-refractivity contribution in [2.45, 2.75) is 19.6 Å². The first-order valence-electron chi connectivity index (χ1n) is 8.27. The van der Waals surface area contributed by atoms with Gasteiger partial charge in [0.2, 0.25) is 0 Å². The maximum absolute atomic E-state index is 12.6. The molecule has 0 aliphatic carbocycles. The summed E-state index contributed by atoms with van der Waals surface area (Å²) in [7, 11) is 3.00. The summed E-state index contributed by atoms with van der Waals surface area (Å²) in [4.78, 5) is 37.1. The van der Waals surface area contributed by atoms with Gasteiger partial charge in [-0.2, -0.15) is 0 Å². The predicted molar refractivity (Wildman–Crippen MR) is 98.4 cm³/mol. The summed E-state index contributed by atoms with van der Waals surface area (Å²) in [6.45, 7) is 2.41. The molecule has 1 aromatic heterocycles. The van der Waals surface area contributed by atoms with E-state index in [4.69, 9.17) is 4.74 Å². The molecule has 1 aromatic carbocycles. The smallest absolute Gasteiger partial charge is 0.263 e. The number of pyridine rings is 1. The van der Waals surface area contributed by atoms with Crippen LogP contribution in [0.15, 0.2) is 47.4 Å². The molecule has 0 aliphatic heterocycles. The number of nitrogens with one attached hydrogen (secondary N) is 2. The lowest BCUT2D eigenvalue weighted by Gasteiger charge is -2.13. The van der Waals surface area contributed by atoms with Crippen molar-refractivity contribution in [2.75, 3.05) is 20.7 Å². The largest absolute Gasteiger partial charge is 0.380 e. The Balaban J connectivity index is 2.39. The van der Waals surface area contributed by atoms with Gasteiger partial charge in [-0.3, -0.25) is 14.4 Å². The number of carbonyl (C=O) groups excluding carboxylic acids is 2. The minimum Gasteiger partial charge on any atom is -0.380 e. The van der Waals surface area contributed by atoms with Crippen LogP contribution in [0.25, 0.3) is 0 Å². The maximum atomic E-state index is 12.6. The van der Waals surface area contributed by atoms with Crippen molar-refractivity contribution in [3.63, 3.8) is 0 Å². The van der Waals surface area contributed by atoms with Crippen LogP contribution in [0.2, 0.25) is 0 Å². The molecule has 26 heavy (non-hydrogen) atoms. The standard InChI is InChI=1S/C19H23N3O4/c1-13(26-3)10-21-17(23)15-9-16(18(24)20-2)19(25)22(12-15)11-14-7-5-4-6-8-14/h4-9,12-13H,10-11H2,1-3H3,(H,20,24)(H,21,23). The van der Waals surface area contributed by atoms with Crippen LogP contribution in [0.4, 0.5) is 0 Å². The van der Waals surface area contributed by atoms with E-state index in [1.807, 2.05) is 37.3 Å². The Bertz CT molecular complexity index is 830. The predicted octanol–water partition coefficient (Wildman–Crippen LogP) is 1.02. The van der Waals surface area contributed by atoms with Crippen molar-refractivity contribution in [1.29, 1.82) is 0 Å². The summed E-state index contributed by atoms with van der Waals surface area (Å²) in [5, 5.41) is 5.17. The number of hydrogen-bond donors (Lipinski definition) is 2. The molecule has 2 rings (SSSR count). The Kier molecular flexibility index (Phi) is 6.68. The number of carbonyl (C=O) groups is 2. The second-order valence-corrected chi connectivity index (χ2v) is 5.90. The number of aromatic nitrogens is 1. The Morgan fingerprint density at radius 2 is 1.88 bits per heavy atom. The van der Waals surface area contributed by atoms with Gasteiger partial charge in [-0.1, -0.05) is 30.3 Å². The molecular formula is C19H23N3O4. The molecular weight excluding hydrogens is 334 g/mol. The maximum Gasteiger partial charge on any atom is 0.263 e. The van der Waals surface area contributed by atoms with E-state index < -0.39 is 11.5 Å². The Labute approximate surface area is 152 Å². The van der Waals surface area contributed by atoms with Gasteiger partial charge in [0.25, 0.3) is 17.4 Å². The van der Waals surface area contributed by atoms with Crippen molar-refractivity contribution in [3.8, 4) is 0 Å². The fourth-order valence-electron chi connectivity index (χ4n) is 2.38. The van der Waals surface area contributed by atoms with Crippen molar-refractivity contribution in [2.24, 2.45) is 0 Å². The highest BCUT2D eigenvalue weighted by Crippen LogP contribution is 2.06. The van der Waals surface area contributed by atoms with Gasteiger partial charge >= 0.3 is 0 Å². The number of benzene rings is 1. The van der Waals surface area contributed by atoms with Crippen molar-refractivity contribution in [1.82, 2.24) is 15.2 Å². The first-order chi connectivity index (χ1) is 12.5. The number of methoxy groups -OCH3 is 1. The molecule has 2 N–H and O–H groups in total. The SMILES string of the molecule is CNC(=O)c1cc(C(=O)NCC(C)OC)cn(Cc2ccccc2)c1=O. The Morgan fingerprint density at radius 3 is 2.50 bits per heavy atom. The third-order valence-corrected chi connectivity index (χ3v) is 3.97. The van der Waals surface area contributed by atoms with Gasteiger partial charge in [0.1, 0.15) is 5.56 Å². The lowest BCUT2D eigenvalue weighted by atomic mass is 10.1. The molecule has 0 saturated carbocycles. The molecule has 7 nitrogen and oxygen atoms in total. The van der Waals surface area contributed by atoms with Gasteiger partial charge < -0.3 is 19.9 Å². The van der Waals surface area contributed by atoms with Gasteiger partial charge in [-0.15, -0.1) is 0 Å². The second-order valence-electron chi connectivity index (χ2n) is 5.90. The number of nitrogens with zero attached hydrogens (tertiary/aromatic N) is 1. The first kappa shape index (κ1) is 19.4. The Morgan fingerprint density at radius 1 is 1.19 bits per heavy atom. The molecule has 2 amide bonds. The molecule has 0 saturated heterocycles. The van der Waals surface area contributed by atoms with E-state index >= 15 is 0 Å². The van der Waals surface area contributed by atoms with Crippen LogP contribution in [0, 0.1) is 0 Å². The fraction of sp³-hybridized carbons (Fsp3) is 0.316. The van der Waals surface area contributed by atoms with Crippen LogP contribution >= 0.6 is 0 Å². The number of hydrogen-bond acceptors (Lipinski definition) is 4. The van der Waals surface area contributed by atoms with Crippen molar-refractivity contribution < 1.29 is 14.3 Å². The van der Waals surface area contributed by atoms with Gasteiger partial charge in [0, 0.05) is 26.9 Å². The van der Waals surface area contributed by atoms with Crippen LogP contribution < -0.4 is 16.2 Å². The second kappa shape index (κ2) is 8.96. The molecule has 1 atom stereocenters. The van der Waals surface area contributed by atoms with Crippen molar-refractivity contribution in [3.05, 3.63) is 69.6 Å². The zero-order valence-electron chi connectivity index (χ0n) is 15.1. The summed E-state index contributed by atoms with van der Waals surface area (Å²) in [6.07, 6.45) is 1.32. The normalized spacial score (nSPS) is 11.7. The van der Waals surface area contributed by atoms with E-state index in [0.717, 1.165) is 5.56 Å². The van der Waals surface area contributed by atoms with Crippen molar-refractivity contribution >= 4 is 11.8 Å². The van der Waals surface area contributed by atoms with Gasteiger partial charge in [-0.05, 0) is 18.6 Å². The zero-order chi connectivity index (χ0) is 19.1. The van der Waals surface area contributed by atoms with E-state index in [1.165, 1.54) is 23.9 Å². The lowest BCUT2D eigenvalue weighted by molar-refractivity contribution is 0.0869. The van der Waals surface area contributed by atoms with E-state index in [2.05, 4.69) is 10.6 Å². The molecule has 7 heteroatoms. The van der Waals surface area contributed by atoms with E-state index in [0.29, 0.717) is 6.54 Å². The summed E-state index contributed by atoms with van der Waals surface area (Å²) >= 11 is 0. The minimum absolute atomic E-state index is 0.0733. The van der Waals surface area contributed by atoms with E-state index in [-0.39, 0.29) is 29.7 Å². The molecule has 1 heterocycles. The summed E-state index contributed by atoms with van der Waals surface area (Å²) in [6, 6.07) is 10.7. The Hall–Kier alpha value is -2.93. The average molecular weight is 357 g/mol. The summed E-state index contributed by atoms with van der Waals surface area (Å²) in [5.41, 5.74) is 0.608. The van der Waals surface area contributed by atoms with Gasteiger partial charge in [-0.25, -0.2) is 0 Å². The average Bonchev–Trinajstić information content (AvgIpc) is 2.67. The topological polar surface area (TPSA) is 89.4 Å². The third kappa shape index (κ3) is 4.80. The van der Waals surface area contributed by atoms with E-state index in [9.17, 15) is 14.4 Å². The highest BCUT2D eigenvalue weighted by Gasteiger charge is 2.17. The third-order valence-electron chi connectivity index (χ3n) is 3.97.